The zero-order chi connectivity index (χ0) is 14.7. The fraction of sp³-hybridized carbons (Fsp3) is 0.429. The summed E-state index contributed by atoms with van der Waals surface area (Å²) in [6.07, 6.45) is 0.835. The molecule has 7 heteroatoms. The molecular weight excluding hydrogens is 274 g/mol. The van der Waals surface area contributed by atoms with Crippen molar-refractivity contribution in [1.29, 1.82) is 0 Å². The molecular formula is C14H17N3O4. The smallest absolute Gasteiger partial charge is 0.243 e. The third kappa shape index (κ3) is 3.25. The van der Waals surface area contributed by atoms with Gasteiger partial charge in [0.1, 0.15) is 6.04 Å². The molecule has 0 saturated carbocycles. The zero-order valence-electron chi connectivity index (χ0n) is 11.5. The topological polar surface area (TPSA) is 88.7 Å². The Kier molecular flexibility index (Phi) is 3.92. The van der Waals surface area contributed by atoms with Gasteiger partial charge in [-0.15, -0.1) is 0 Å². The van der Waals surface area contributed by atoms with Crippen molar-refractivity contribution in [3.63, 3.8) is 0 Å². The van der Waals surface area contributed by atoms with E-state index in [1.54, 1.807) is 18.2 Å². The van der Waals surface area contributed by atoms with Crippen LogP contribution in [0.1, 0.15) is 6.42 Å². The van der Waals surface area contributed by atoms with E-state index in [-0.39, 0.29) is 24.9 Å². The van der Waals surface area contributed by atoms with Crippen LogP contribution >= 0.6 is 0 Å². The molecule has 7 nitrogen and oxygen atoms in total. The van der Waals surface area contributed by atoms with Crippen LogP contribution in [0, 0.1) is 0 Å². The largest absolute Gasteiger partial charge is 0.490 e. The van der Waals surface area contributed by atoms with Crippen molar-refractivity contribution >= 4 is 17.5 Å². The van der Waals surface area contributed by atoms with Crippen LogP contribution in [-0.4, -0.2) is 44.2 Å². The highest BCUT2D eigenvalue weighted by Crippen LogP contribution is 2.32. The Balaban J connectivity index is 1.66. The SMILES string of the molecule is O=C1CNC(C(=O)Nc2ccc3c(c2)OCCCO3)CN1. The van der Waals surface area contributed by atoms with Crippen LogP contribution in [0.5, 0.6) is 11.5 Å². The molecule has 3 rings (SSSR count). The number of benzene rings is 1. The maximum atomic E-state index is 12.1. The molecule has 21 heavy (non-hydrogen) atoms. The Morgan fingerprint density at radius 1 is 1.24 bits per heavy atom. The van der Waals surface area contributed by atoms with Gasteiger partial charge in [0.05, 0.1) is 19.8 Å². The van der Waals surface area contributed by atoms with E-state index in [0.29, 0.717) is 30.4 Å². The molecule has 1 saturated heterocycles. The lowest BCUT2D eigenvalue weighted by molar-refractivity contribution is -0.124. The van der Waals surface area contributed by atoms with E-state index in [9.17, 15) is 9.59 Å². The maximum absolute atomic E-state index is 12.1. The number of piperazine rings is 1. The molecule has 0 aliphatic carbocycles. The molecule has 112 valence electrons. The van der Waals surface area contributed by atoms with E-state index in [2.05, 4.69) is 16.0 Å². The molecule has 3 N–H and O–H groups in total. The molecule has 1 fully saturated rings. The fourth-order valence-corrected chi connectivity index (χ4v) is 2.22. The molecule has 1 aromatic rings. The molecule has 0 radical (unpaired) electrons. The van der Waals surface area contributed by atoms with Crippen molar-refractivity contribution in [2.45, 2.75) is 12.5 Å². The van der Waals surface area contributed by atoms with Gasteiger partial charge in [-0.1, -0.05) is 0 Å². The van der Waals surface area contributed by atoms with Crippen LogP contribution in [-0.2, 0) is 9.59 Å². The Morgan fingerprint density at radius 3 is 2.81 bits per heavy atom. The monoisotopic (exact) mass is 291 g/mol. The van der Waals surface area contributed by atoms with Crippen LogP contribution < -0.4 is 25.4 Å². The minimum Gasteiger partial charge on any atom is -0.490 e. The van der Waals surface area contributed by atoms with E-state index in [1.807, 2.05) is 0 Å². The van der Waals surface area contributed by atoms with Crippen LogP contribution in [0.3, 0.4) is 0 Å². The van der Waals surface area contributed by atoms with Crippen LogP contribution in [0.15, 0.2) is 18.2 Å². The standard InChI is InChI=1S/C14H17N3O4/c18-13-8-15-10(7-16-13)14(19)17-9-2-3-11-12(6-9)21-5-1-4-20-11/h2-3,6,10,15H,1,4-5,7-8H2,(H,16,18)(H,17,19). The van der Waals surface area contributed by atoms with Crippen LogP contribution in [0.2, 0.25) is 0 Å². The number of anilines is 1. The highest BCUT2D eigenvalue weighted by atomic mass is 16.5. The molecule has 1 unspecified atom stereocenters. The first-order valence-electron chi connectivity index (χ1n) is 6.93. The summed E-state index contributed by atoms with van der Waals surface area (Å²) in [5.41, 5.74) is 0.642. The number of carbonyl (C=O) groups is 2. The molecule has 0 aromatic heterocycles. The third-order valence-electron chi connectivity index (χ3n) is 3.34. The first-order valence-corrected chi connectivity index (χ1v) is 6.93. The summed E-state index contributed by atoms with van der Waals surface area (Å²) >= 11 is 0. The second-order valence-electron chi connectivity index (χ2n) is 4.94. The summed E-state index contributed by atoms with van der Waals surface area (Å²) in [4.78, 5) is 23.2. The van der Waals surface area contributed by atoms with Crippen molar-refractivity contribution < 1.29 is 19.1 Å². The van der Waals surface area contributed by atoms with E-state index < -0.39 is 6.04 Å². The van der Waals surface area contributed by atoms with Gasteiger partial charge >= 0.3 is 0 Å². The lowest BCUT2D eigenvalue weighted by Gasteiger charge is -2.23. The van der Waals surface area contributed by atoms with Gasteiger partial charge in [0.15, 0.2) is 11.5 Å². The maximum Gasteiger partial charge on any atom is 0.243 e. The Morgan fingerprint density at radius 2 is 2.05 bits per heavy atom. The molecule has 2 heterocycles. The molecule has 1 atom stereocenters. The summed E-state index contributed by atoms with van der Waals surface area (Å²) in [6.45, 7) is 1.67. The Bertz CT molecular complexity index is 551. The highest BCUT2D eigenvalue weighted by Gasteiger charge is 2.24. The normalized spacial score (nSPS) is 21.1. The molecule has 2 aliphatic rings. The Hall–Kier alpha value is -2.28. The predicted octanol–water partition coefficient (Wildman–Crippen LogP) is -0.126. The predicted molar refractivity (Wildman–Crippen MR) is 75.5 cm³/mol. The molecule has 0 bridgehead atoms. The van der Waals surface area contributed by atoms with Crippen LogP contribution in [0.4, 0.5) is 5.69 Å². The van der Waals surface area contributed by atoms with E-state index in [0.717, 1.165) is 6.42 Å². The Labute approximate surface area is 122 Å². The summed E-state index contributed by atoms with van der Waals surface area (Å²) in [6, 6.07) is 4.87. The number of hydrogen-bond acceptors (Lipinski definition) is 5. The fourth-order valence-electron chi connectivity index (χ4n) is 2.22. The molecule has 2 amide bonds. The number of amides is 2. The van der Waals surface area contributed by atoms with Gasteiger partial charge in [0.25, 0.3) is 0 Å². The number of fused-ring (bicyclic) bond motifs is 1. The summed E-state index contributed by atoms with van der Waals surface area (Å²) in [5, 5.41) is 8.34. The molecule has 1 aromatic carbocycles. The number of ether oxygens (including phenoxy) is 2. The third-order valence-corrected chi connectivity index (χ3v) is 3.34. The minimum absolute atomic E-state index is 0.102. The van der Waals surface area contributed by atoms with Crippen molar-refractivity contribution in [1.82, 2.24) is 10.6 Å². The van der Waals surface area contributed by atoms with Gasteiger partial charge in [-0.3, -0.25) is 14.9 Å². The second-order valence-corrected chi connectivity index (χ2v) is 4.94. The average Bonchev–Trinajstić information content (AvgIpc) is 2.72. The lowest BCUT2D eigenvalue weighted by Crippen LogP contribution is -2.56. The van der Waals surface area contributed by atoms with Crippen molar-refractivity contribution in [2.75, 3.05) is 31.6 Å². The van der Waals surface area contributed by atoms with Crippen molar-refractivity contribution in [3.05, 3.63) is 18.2 Å². The van der Waals surface area contributed by atoms with Gasteiger partial charge in [-0.25, -0.2) is 0 Å². The summed E-state index contributed by atoms with van der Waals surface area (Å²) in [7, 11) is 0. The van der Waals surface area contributed by atoms with Gasteiger partial charge in [0.2, 0.25) is 11.8 Å². The van der Waals surface area contributed by atoms with Gasteiger partial charge in [-0.2, -0.15) is 0 Å². The minimum atomic E-state index is -0.432. The van der Waals surface area contributed by atoms with Crippen molar-refractivity contribution in [2.24, 2.45) is 0 Å². The van der Waals surface area contributed by atoms with E-state index >= 15 is 0 Å². The quantitative estimate of drug-likeness (QED) is 0.706. The van der Waals surface area contributed by atoms with Crippen LogP contribution in [0.25, 0.3) is 0 Å². The molecule has 2 aliphatic heterocycles. The first-order chi connectivity index (χ1) is 10.2. The highest BCUT2D eigenvalue weighted by molar-refractivity contribution is 5.96. The zero-order valence-corrected chi connectivity index (χ0v) is 11.5. The second kappa shape index (κ2) is 6.01. The van der Waals surface area contributed by atoms with Gasteiger partial charge in [-0.05, 0) is 12.1 Å². The number of hydrogen-bond donors (Lipinski definition) is 3. The van der Waals surface area contributed by atoms with Crippen molar-refractivity contribution in [3.8, 4) is 11.5 Å². The number of carbonyl (C=O) groups excluding carboxylic acids is 2. The van der Waals surface area contributed by atoms with E-state index in [1.165, 1.54) is 0 Å². The van der Waals surface area contributed by atoms with E-state index in [4.69, 9.17) is 9.47 Å². The summed E-state index contributed by atoms with van der Waals surface area (Å²) < 4.78 is 11.1. The number of nitrogens with one attached hydrogen (secondary N) is 3. The summed E-state index contributed by atoms with van der Waals surface area (Å²) in [5.74, 6) is 1.03. The molecule has 0 spiro atoms. The van der Waals surface area contributed by atoms with Gasteiger partial charge < -0.3 is 20.1 Å². The number of rotatable bonds is 2. The van der Waals surface area contributed by atoms with Gasteiger partial charge in [0, 0.05) is 24.7 Å². The lowest BCUT2D eigenvalue weighted by atomic mass is 10.2. The average molecular weight is 291 g/mol. The first kappa shape index (κ1) is 13.7.